The van der Waals surface area contributed by atoms with Crippen LogP contribution in [-0.2, 0) is 6.54 Å². The molecule has 1 aromatic carbocycles. The van der Waals surface area contributed by atoms with Crippen LogP contribution in [0.25, 0.3) is 5.69 Å². The molecule has 22 heavy (non-hydrogen) atoms. The quantitative estimate of drug-likeness (QED) is 0.791. The van der Waals surface area contributed by atoms with E-state index in [4.69, 9.17) is 0 Å². The molecular formula is C13H10FN5O2S. The average molecular weight is 319 g/mol. The highest BCUT2D eigenvalue weighted by Crippen LogP contribution is 2.08. The minimum absolute atomic E-state index is 0.129. The Labute approximate surface area is 127 Å². The fraction of sp³-hybridized carbons (Fsp3) is 0.0769. The molecule has 112 valence electrons. The Morgan fingerprint density at radius 3 is 2.73 bits per heavy atom. The summed E-state index contributed by atoms with van der Waals surface area (Å²) in [5, 5.41) is 11.9. The van der Waals surface area contributed by atoms with E-state index in [0.717, 1.165) is 15.5 Å². The number of carbonyl (C=O) groups excluding carboxylic acids is 1. The summed E-state index contributed by atoms with van der Waals surface area (Å²) in [5.74, 6) is -0.335. The van der Waals surface area contributed by atoms with E-state index in [2.05, 4.69) is 15.6 Å². The molecule has 3 aromatic rings. The fourth-order valence-electron chi connectivity index (χ4n) is 1.75. The summed E-state index contributed by atoms with van der Waals surface area (Å²) in [6, 6.07) is 6.57. The van der Waals surface area contributed by atoms with Crippen molar-refractivity contribution >= 4 is 17.6 Å². The predicted octanol–water partition coefficient (Wildman–Crippen LogP) is 1.39. The van der Waals surface area contributed by atoms with Crippen molar-refractivity contribution in [3.63, 3.8) is 0 Å². The standard InChI is InChI=1S/C13H10FN5O2S/c14-9-1-3-11(4-2-9)18-8-10(16-17-18)7-15-13(21)19-12(20)5-6-22-19/h1-6,8H,7H2,(H,15,21). The Hall–Kier alpha value is -2.81. The van der Waals surface area contributed by atoms with E-state index < -0.39 is 6.03 Å². The van der Waals surface area contributed by atoms with Crippen molar-refractivity contribution in [2.75, 3.05) is 0 Å². The number of nitrogens with zero attached hydrogens (tertiary/aromatic N) is 4. The first kappa shape index (κ1) is 14.1. The van der Waals surface area contributed by atoms with Gasteiger partial charge in [-0.3, -0.25) is 4.79 Å². The first-order valence-electron chi connectivity index (χ1n) is 6.26. The topological polar surface area (TPSA) is 81.8 Å². The maximum Gasteiger partial charge on any atom is 0.338 e. The van der Waals surface area contributed by atoms with Crippen LogP contribution in [0.3, 0.4) is 0 Å². The van der Waals surface area contributed by atoms with Gasteiger partial charge >= 0.3 is 6.03 Å². The first-order valence-corrected chi connectivity index (χ1v) is 7.09. The summed E-state index contributed by atoms with van der Waals surface area (Å²) in [6.07, 6.45) is 1.62. The average Bonchev–Trinajstić information content (AvgIpc) is 3.14. The molecule has 1 amide bonds. The number of carbonyl (C=O) groups is 1. The molecule has 1 N–H and O–H groups in total. The van der Waals surface area contributed by atoms with Gasteiger partial charge in [-0.1, -0.05) is 16.7 Å². The van der Waals surface area contributed by atoms with Crippen molar-refractivity contribution in [1.29, 1.82) is 0 Å². The molecule has 0 saturated heterocycles. The fourth-order valence-corrected chi connectivity index (χ4v) is 2.38. The van der Waals surface area contributed by atoms with Gasteiger partial charge in [-0.2, -0.15) is 3.96 Å². The molecule has 0 aliphatic rings. The number of rotatable bonds is 3. The zero-order chi connectivity index (χ0) is 15.5. The van der Waals surface area contributed by atoms with Gasteiger partial charge in [0.05, 0.1) is 18.4 Å². The number of benzene rings is 1. The molecule has 0 aliphatic heterocycles. The van der Waals surface area contributed by atoms with E-state index >= 15 is 0 Å². The summed E-state index contributed by atoms with van der Waals surface area (Å²) in [6.45, 7) is 0.129. The van der Waals surface area contributed by atoms with Crippen molar-refractivity contribution in [2.45, 2.75) is 6.54 Å². The maximum absolute atomic E-state index is 12.9. The maximum atomic E-state index is 12.9. The molecule has 3 rings (SSSR count). The lowest BCUT2D eigenvalue weighted by molar-refractivity contribution is 0.243. The molecular weight excluding hydrogens is 309 g/mol. The molecule has 2 heterocycles. The van der Waals surface area contributed by atoms with Crippen molar-refractivity contribution in [3.8, 4) is 5.69 Å². The van der Waals surface area contributed by atoms with Crippen LogP contribution < -0.4 is 10.9 Å². The van der Waals surface area contributed by atoms with Gasteiger partial charge in [-0.05, 0) is 24.3 Å². The van der Waals surface area contributed by atoms with Gasteiger partial charge in [0.25, 0.3) is 5.56 Å². The Bertz CT molecular complexity index is 852. The van der Waals surface area contributed by atoms with E-state index in [0.29, 0.717) is 11.4 Å². The minimum Gasteiger partial charge on any atom is -0.331 e. The summed E-state index contributed by atoms with van der Waals surface area (Å²) in [5.41, 5.74) is 0.792. The smallest absolute Gasteiger partial charge is 0.331 e. The van der Waals surface area contributed by atoms with Gasteiger partial charge in [0.15, 0.2) is 0 Å². The molecule has 0 unspecified atom stereocenters. The lowest BCUT2D eigenvalue weighted by atomic mass is 10.3. The van der Waals surface area contributed by atoms with Gasteiger partial charge in [0.1, 0.15) is 11.5 Å². The SMILES string of the molecule is O=C(NCc1cn(-c2ccc(F)cc2)nn1)n1sccc1=O. The number of amides is 1. The molecule has 0 atom stereocenters. The van der Waals surface area contributed by atoms with Crippen LogP contribution in [-0.4, -0.2) is 25.0 Å². The van der Waals surface area contributed by atoms with Crippen molar-refractivity contribution in [3.05, 3.63) is 63.8 Å². The normalized spacial score (nSPS) is 10.6. The second kappa shape index (κ2) is 5.90. The van der Waals surface area contributed by atoms with E-state index in [1.165, 1.54) is 28.3 Å². The number of hydrogen-bond acceptors (Lipinski definition) is 5. The number of nitrogens with one attached hydrogen (secondary N) is 1. The zero-order valence-corrected chi connectivity index (χ0v) is 12.0. The Kier molecular flexibility index (Phi) is 3.79. The minimum atomic E-state index is -0.517. The predicted molar refractivity (Wildman–Crippen MR) is 77.5 cm³/mol. The van der Waals surface area contributed by atoms with Gasteiger partial charge in [0.2, 0.25) is 0 Å². The molecule has 0 radical (unpaired) electrons. The largest absolute Gasteiger partial charge is 0.338 e. The van der Waals surface area contributed by atoms with Gasteiger partial charge in [-0.15, -0.1) is 5.10 Å². The number of halogens is 1. The highest BCUT2D eigenvalue weighted by Gasteiger charge is 2.09. The van der Waals surface area contributed by atoms with E-state index in [1.54, 1.807) is 18.3 Å². The third kappa shape index (κ3) is 2.93. The summed E-state index contributed by atoms with van der Waals surface area (Å²) < 4.78 is 15.3. The number of hydrogen-bond donors (Lipinski definition) is 1. The Balaban J connectivity index is 1.67. The van der Waals surface area contributed by atoms with Crippen molar-refractivity contribution in [1.82, 2.24) is 24.3 Å². The second-order valence-electron chi connectivity index (χ2n) is 4.33. The van der Waals surface area contributed by atoms with Crippen LogP contribution in [0.1, 0.15) is 5.69 Å². The molecule has 9 heteroatoms. The highest BCUT2D eigenvalue weighted by molar-refractivity contribution is 7.05. The van der Waals surface area contributed by atoms with Gasteiger partial charge < -0.3 is 5.32 Å². The third-order valence-electron chi connectivity index (χ3n) is 2.81. The summed E-state index contributed by atoms with van der Waals surface area (Å²) in [4.78, 5) is 23.1. The molecule has 0 bridgehead atoms. The highest BCUT2D eigenvalue weighted by atomic mass is 32.1. The number of aromatic nitrogens is 4. The molecule has 0 fully saturated rings. The van der Waals surface area contributed by atoms with E-state index in [-0.39, 0.29) is 17.9 Å². The third-order valence-corrected chi connectivity index (χ3v) is 3.63. The zero-order valence-electron chi connectivity index (χ0n) is 11.1. The second-order valence-corrected chi connectivity index (χ2v) is 5.18. The van der Waals surface area contributed by atoms with Crippen molar-refractivity contribution in [2.24, 2.45) is 0 Å². The van der Waals surface area contributed by atoms with Crippen molar-refractivity contribution < 1.29 is 9.18 Å². The summed E-state index contributed by atoms with van der Waals surface area (Å²) in [7, 11) is 0. The van der Waals surface area contributed by atoms with Gasteiger partial charge in [-0.25, -0.2) is 13.9 Å². The van der Waals surface area contributed by atoms with Crippen LogP contribution in [0.5, 0.6) is 0 Å². The van der Waals surface area contributed by atoms with Crippen LogP contribution in [0.4, 0.5) is 9.18 Å². The molecule has 2 aromatic heterocycles. The van der Waals surface area contributed by atoms with E-state index in [9.17, 15) is 14.0 Å². The lowest BCUT2D eigenvalue weighted by Crippen LogP contribution is -2.32. The lowest BCUT2D eigenvalue weighted by Gasteiger charge is -2.01. The van der Waals surface area contributed by atoms with Crippen LogP contribution in [0.2, 0.25) is 0 Å². The van der Waals surface area contributed by atoms with Crippen LogP contribution >= 0.6 is 11.5 Å². The molecule has 0 saturated carbocycles. The molecule has 0 aliphatic carbocycles. The molecule has 0 spiro atoms. The van der Waals surface area contributed by atoms with Gasteiger partial charge in [0, 0.05) is 11.4 Å². The van der Waals surface area contributed by atoms with Crippen LogP contribution in [0.15, 0.2) is 46.7 Å². The van der Waals surface area contributed by atoms with Crippen LogP contribution in [0, 0.1) is 5.82 Å². The summed E-state index contributed by atoms with van der Waals surface area (Å²) >= 11 is 1.01. The Morgan fingerprint density at radius 2 is 2.05 bits per heavy atom. The first-order chi connectivity index (χ1) is 10.6. The monoisotopic (exact) mass is 319 g/mol. The molecule has 7 nitrogen and oxygen atoms in total. The Morgan fingerprint density at radius 1 is 1.27 bits per heavy atom. The van der Waals surface area contributed by atoms with E-state index in [1.807, 2.05) is 0 Å².